The molecule has 6 heteroatoms. The summed E-state index contributed by atoms with van der Waals surface area (Å²) < 4.78 is 17.5. The number of rotatable bonds is 4. The van der Waals surface area contributed by atoms with Gasteiger partial charge in [0.15, 0.2) is 0 Å². The van der Waals surface area contributed by atoms with E-state index in [0.717, 1.165) is 17.7 Å². The number of hydrogen-bond acceptors (Lipinski definition) is 3. The molecule has 0 saturated heterocycles. The summed E-state index contributed by atoms with van der Waals surface area (Å²) in [6, 6.07) is 3.91. The predicted molar refractivity (Wildman–Crippen MR) is 66.8 cm³/mol. The maximum atomic E-state index is 5.50. The third kappa shape index (κ3) is 3.53. The van der Waals surface area contributed by atoms with Crippen LogP contribution in [0.4, 0.5) is 0 Å². The molecular weight excluding hydrogens is 335 g/mol. The van der Waals surface area contributed by atoms with Crippen molar-refractivity contribution >= 4 is 5.57 Å². The van der Waals surface area contributed by atoms with Crippen LogP contribution in [0.5, 0.6) is 17.2 Å². The fourth-order valence-corrected chi connectivity index (χ4v) is 2.60. The van der Waals surface area contributed by atoms with Gasteiger partial charge >= 0.3 is 119 Å². The summed E-state index contributed by atoms with van der Waals surface area (Å²) in [5.41, 5.74) is 2.24. The Hall–Kier alpha value is -0.606. The SMILES string of the molecule is COc1ccc(C2=[C]([Ti+2])CC=C2)c(OC)c1OC.[Cl-].[Cl-]. The zero-order chi connectivity index (χ0) is 13.1. The Labute approximate surface area is 143 Å². The van der Waals surface area contributed by atoms with E-state index in [1.807, 2.05) is 12.1 Å². The van der Waals surface area contributed by atoms with E-state index in [9.17, 15) is 0 Å². The maximum Gasteiger partial charge on any atom is -1.00 e. The normalized spacial score (nSPS) is 12.7. The molecule has 0 unspecified atom stereocenters. The van der Waals surface area contributed by atoms with Crippen molar-refractivity contribution in [3.63, 3.8) is 0 Å². The van der Waals surface area contributed by atoms with Crippen LogP contribution >= 0.6 is 0 Å². The molecule has 0 aliphatic heterocycles. The number of methoxy groups -OCH3 is 3. The fraction of sp³-hybridized carbons (Fsp3) is 0.286. The van der Waals surface area contributed by atoms with Gasteiger partial charge in [0.1, 0.15) is 0 Å². The van der Waals surface area contributed by atoms with E-state index in [1.165, 1.54) is 9.45 Å². The minimum atomic E-state index is 0. The van der Waals surface area contributed by atoms with E-state index < -0.39 is 0 Å². The van der Waals surface area contributed by atoms with E-state index >= 15 is 0 Å². The number of halogens is 2. The topological polar surface area (TPSA) is 27.7 Å². The molecule has 1 aromatic rings. The Bertz CT molecular complexity index is 527. The Morgan fingerprint density at radius 2 is 1.60 bits per heavy atom. The van der Waals surface area contributed by atoms with Gasteiger partial charge in [-0.05, 0) is 0 Å². The first kappa shape index (κ1) is 19.4. The van der Waals surface area contributed by atoms with E-state index in [0.29, 0.717) is 11.5 Å². The first-order valence-corrected chi connectivity index (χ1v) is 6.41. The Balaban J connectivity index is 0.00000180. The van der Waals surface area contributed by atoms with Gasteiger partial charge in [-0.3, -0.25) is 0 Å². The molecule has 0 saturated carbocycles. The molecule has 1 aromatic carbocycles. The molecule has 0 radical (unpaired) electrons. The van der Waals surface area contributed by atoms with Crippen molar-refractivity contribution in [2.45, 2.75) is 6.42 Å². The second-order valence-electron chi connectivity index (χ2n) is 3.88. The van der Waals surface area contributed by atoms with Gasteiger partial charge in [0.25, 0.3) is 0 Å². The van der Waals surface area contributed by atoms with Crippen LogP contribution in [0.3, 0.4) is 0 Å². The molecule has 0 aromatic heterocycles. The Morgan fingerprint density at radius 1 is 0.950 bits per heavy atom. The molecular formula is C14H15Cl2O3Ti. The fourth-order valence-electron chi connectivity index (χ4n) is 2.07. The average molecular weight is 350 g/mol. The van der Waals surface area contributed by atoms with E-state index in [-0.39, 0.29) is 24.8 Å². The van der Waals surface area contributed by atoms with Crippen molar-refractivity contribution in [3.05, 3.63) is 33.7 Å². The van der Waals surface area contributed by atoms with Crippen LogP contribution in [-0.2, 0) is 20.4 Å². The molecule has 1 aliphatic rings. The van der Waals surface area contributed by atoms with Crippen LogP contribution in [0, 0.1) is 0 Å². The van der Waals surface area contributed by atoms with Crippen LogP contribution in [0.2, 0.25) is 0 Å². The van der Waals surface area contributed by atoms with Crippen molar-refractivity contribution in [3.8, 4) is 17.2 Å². The van der Waals surface area contributed by atoms with Gasteiger partial charge in [-0.2, -0.15) is 0 Å². The van der Waals surface area contributed by atoms with Gasteiger partial charge in [-0.1, -0.05) is 0 Å². The van der Waals surface area contributed by atoms with Crippen LogP contribution in [0.1, 0.15) is 12.0 Å². The maximum absolute atomic E-state index is 5.50. The number of ether oxygens (including phenoxy) is 3. The summed E-state index contributed by atoms with van der Waals surface area (Å²) in [5.74, 6) is 2.04. The smallest absolute Gasteiger partial charge is 1.00 e. The molecule has 107 valence electrons. The molecule has 0 atom stereocenters. The monoisotopic (exact) mass is 349 g/mol. The second-order valence-corrected chi connectivity index (χ2v) is 4.82. The summed E-state index contributed by atoms with van der Waals surface area (Å²) in [6.45, 7) is 0. The molecule has 0 N–H and O–H groups in total. The van der Waals surface area contributed by atoms with E-state index in [1.54, 1.807) is 21.3 Å². The zero-order valence-corrected chi connectivity index (χ0v) is 14.6. The minimum Gasteiger partial charge on any atom is -1.00 e. The van der Waals surface area contributed by atoms with Crippen molar-refractivity contribution < 1.29 is 59.5 Å². The van der Waals surface area contributed by atoms with E-state index in [4.69, 9.17) is 14.2 Å². The molecule has 0 heterocycles. The first-order chi connectivity index (χ1) is 8.72. The van der Waals surface area contributed by atoms with Crippen molar-refractivity contribution in [2.24, 2.45) is 0 Å². The summed E-state index contributed by atoms with van der Waals surface area (Å²) >= 11 is 2.13. The summed E-state index contributed by atoms with van der Waals surface area (Å²) in [4.78, 5) is 0. The number of allylic oxidation sites excluding steroid dienone is 4. The predicted octanol–water partition coefficient (Wildman–Crippen LogP) is -3.06. The Morgan fingerprint density at radius 3 is 2.05 bits per heavy atom. The van der Waals surface area contributed by atoms with Gasteiger partial charge in [-0.25, -0.2) is 0 Å². The van der Waals surface area contributed by atoms with Crippen molar-refractivity contribution in [2.75, 3.05) is 21.3 Å². The van der Waals surface area contributed by atoms with Gasteiger partial charge in [0.2, 0.25) is 0 Å². The summed E-state index contributed by atoms with van der Waals surface area (Å²) in [7, 11) is 4.89. The molecule has 1 aliphatic carbocycles. The van der Waals surface area contributed by atoms with Crippen LogP contribution in [-0.4, -0.2) is 21.3 Å². The first-order valence-electron chi connectivity index (χ1n) is 5.63. The van der Waals surface area contributed by atoms with Gasteiger partial charge in [0, 0.05) is 0 Å². The standard InChI is InChI=1S/C14H15O3.2ClH.Ti/c1-15-12-9-8-11(10-6-4-5-7-10)13(16-2)14(12)17-3;;;/h4,6,8-9H,5H2,1-3H3;2*1H;/q;;;+2/p-2. The van der Waals surface area contributed by atoms with Crippen molar-refractivity contribution in [1.82, 2.24) is 0 Å². The minimum absolute atomic E-state index is 0. The van der Waals surface area contributed by atoms with Gasteiger partial charge < -0.3 is 24.8 Å². The van der Waals surface area contributed by atoms with Crippen molar-refractivity contribution in [1.29, 1.82) is 0 Å². The average Bonchev–Trinajstić information content (AvgIpc) is 2.82. The molecule has 2 rings (SSSR count). The molecule has 3 nitrogen and oxygen atoms in total. The van der Waals surface area contributed by atoms with Crippen LogP contribution in [0.15, 0.2) is 28.2 Å². The van der Waals surface area contributed by atoms with Crippen LogP contribution < -0.4 is 39.0 Å². The number of hydrogen-bond donors (Lipinski definition) is 0. The third-order valence-corrected chi connectivity index (χ3v) is 3.67. The summed E-state index contributed by atoms with van der Waals surface area (Å²) in [6.07, 6.45) is 5.27. The third-order valence-electron chi connectivity index (χ3n) is 2.93. The quantitative estimate of drug-likeness (QED) is 0.540. The summed E-state index contributed by atoms with van der Waals surface area (Å²) in [5, 5.41) is 0. The molecule has 0 spiro atoms. The molecule has 20 heavy (non-hydrogen) atoms. The van der Waals surface area contributed by atoms with Crippen LogP contribution in [0.25, 0.3) is 5.57 Å². The van der Waals surface area contributed by atoms with E-state index in [2.05, 4.69) is 32.6 Å². The largest absolute Gasteiger partial charge is 1.00 e. The number of benzene rings is 1. The Kier molecular flexibility index (Phi) is 8.37. The zero-order valence-electron chi connectivity index (χ0n) is 11.5. The molecule has 0 fully saturated rings. The van der Waals surface area contributed by atoms with Gasteiger partial charge in [0.05, 0.1) is 0 Å². The second kappa shape index (κ2) is 8.63. The molecule has 0 bridgehead atoms. The van der Waals surface area contributed by atoms with Gasteiger partial charge in [-0.15, -0.1) is 0 Å². The molecule has 0 amide bonds.